The molecule has 2 aromatic carbocycles. The summed E-state index contributed by atoms with van der Waals surface area (Å²) in [5.41, 5.74) is 4.15. The standard InChI is InChI=1S/C23H25ClN4O3/c1-13-5-6-17(10-21(13)29)11-22(30)25-18-7-8-20(19(24)12-18)26-23(31)16(4)28-15(3)9-14(2)27-28/h5-10,12,16,29H,11H2,1-4H3,(H,25,30)(H,26,31)/t16-/m1/s1. The monoisotopic (exact) mass is 440 g/mol. The van der Waals surface area contributed by atoms with Crippen LogP contribution in [0.3, 0.4) is 0 Å². The number of phenols is 1. The summed E-state index contributed by atoms with van der Waals surface area (Å²) in [6.45, 7) is 7.32. The molecule has 1 atom stereocenters. The van der Waals surface area contributed by atoms with Gasteiger partial charge in [0.05, 0.1) is 22.8 Å². The Labute approximate surface area is 186 Å². The van der Waals surface area contributed by atoms with E-state index in [9.17, 15) is 14.7 Å². The van der Waals surface area contributed by atoms with Crippen LogP contribution in [0.1, 0.15) is 35.5 Å². The number of rotatable bonds is 6. The molecule has 0 unspecified atom stereocenters. The van der Waals surface area contributed by atoms with E-state index in [1.165, 1.54) is 0 Å². The second-order valence-corrected chi connectivity index (χ2v) is 7.98. The Morgan fingerprint density at radius 1 is 1.10 bits per heavy atom. The number of anilines is 2. The van der Waals surface area contributed by atoms with E-state index in [4.69, 9.17) is 11.6 Å². The summed E-state index contributed by atoms with van der Waals surface area (Å²) in [5, 5.41) is 20.0. The number of halogens is 1. The summed E-state index contributed by atoms with van der Waals surface area (Å²) in [4.78, 5) is 24.9. The van der Waals surface area contributed by atoms with Gasteiger partial charge in [0.15, 0.2) is 0 Å². The molecule has 31 heavy (non-hydrogen) atoms. The average molecular weight is 441 g/mol. The molecule has 8 heteroatoms. The number of hydrogen-bond acceptors (Lipinski definition) is 4. The lowest BCUT2D eigenvalue weighted by atomic mass is 10.1. The fourth-order valence-electron chi connectivity index (χ4n) is 3.24. The first-order valence-corrected chi connectivity index (χ1v) is 10.2. The zero-order valence-electron chi connectivity index (χ0n) is 17.9. The number of aromatic nitrogens is 2. The summed E-state index contributed by atoms with van der Waals surface area (Å²) in [6.07, 6.45) is 0.115. The van der Waals surface area contributed by atoms with Crippen LogP contribution in [0.2, 0.25) is 5.02 Å². The van der Waals surface area contributed by atoms with Crippen molar-refractivity contribution in [2.45, 2.75) is 40.2 Å². The number of aryl methyl sites for hydroxylation is 3. The van der Waals surface area contributed by atoms with E-state index in [0.717, 1.165) is 17.0 Å². The largest absolute Gasteiger partial charge is 0.508 e. The second-order valence-electron chi connectivity index (χ2n) is 7.58. The minimum atomic E-state index is -0.505. The predicted molar refractivity (Wildman–Crippen MR) is 122 cm³/mol. The lowest BCUT2D eigenvalue weighted by Gasteiger charge is -2.16. The first kappa shape index (κ1) is 22.4. The fraction of sp³-hybridized carbons (Fsp3) is 0.261. The van der Waals surface area contributed by atoms with Crippen LogP contribution in [0, 0.1) is 20.8 Å². The van der Waals surface area contributed by atoms with Crippen LogP contribution in [-0.4, -0.2) is 26.7 Å². The SMILES string of the molecule is Cc1cc(C)n([C@H](C)C(=O)Nc2ccc(NC(=O)Cc3ccc(C)c(O)c3)cc2Cl)n1. The quantitative estimate of drug-likeness (QED) is 0.524. The molecule has 0 saturated carbocycles. The number of phenolic OH excluding ortho intramolecular Hbond substituents is 1. The molecule has 1 heterocycles. The molecule has 1 aromatic heterocycles. The highest BCUT2D eigenvalue weighted by Crippen LogP contribution is 2.27. The minimum Gasteiger partial charge on any atom is -0.508 e. The van der Waals surface area contributed by atoms with Gasteiger partial charge in [0.1, 0.15) is 11.8 Å². The number of nitrogens with one attached hydrogen (secondary N) is 2. The Morgan fingerprint density at radius 2 is 1.84 bits per heavy atom. The van der Waals surface area contributed by atoms with Crippen molar-refractivity contribution in [1.82, 2.24) is 9.78 Å². The van der Waals surface area contributed by atoms with Gasteiger partial charge in [0.25, 0.3) is 0 Å². The van der Waals surface area contributed by atoms with Crippen LogP contribution in [0.4, 0.5) is 11.4 Å². The van der Waals surface area contributed by atoms with E-state index in [-0.39, 0.29) is 24.0 Å². The van der Waals surface area contributed by atoms with Gasteiger partial charge in [-0.1, -0.05) is 23.7 Å². The molecule has 7 nitrogen and oxygen atoms in total. The van der Waals surface area contributed by atoms with Crippen LogP contribution in [0.5, 0.6) is 5.75 Å². The van der Waals surface area contributed by atoms with Crippen LogP contribution in [0.15, 0.2) is 42.5 Å². The molecule has 0 radical (unpaired) electrons. The van der Waals surface area contributed by atoms with Crippen molar-refractivity contribution >= 4 is 34.8 Å². The van der Waals surface area contributed by atoms with Gasteiger partial charge >= 0.3 is 0 Å². The first-order chi connectivity index (χ1) is 14.6. The zero-order chi connectivity index (χ0) is 22.7. The number of carbonyl (C=O) groups is 2. The maximum absolute atomic E-state index is 12.6. The molecule has 0 aliphatic heterocycles. The molecule has 0 fully saturated rings. The van der Waals surface area contributed by atoms with Crippen molar-refractivity contribution in [2.75, 3.05) is 10.6 Å². The molecule has 2 amide bonds. The van der Waals surface area contributed by atoms with Crippen molar-refractivity contribution < 1.29 is 14.7 Å². The predicted octanol–water partition coefficient (Wildman–Crippen LogP) is 4.55. The Kier molecular flexibility index (Phi) is 6.65. The molecule has 3 rings (SSSR count). The van der Waals surface area contributed by atoms with Gasteiger partial charge in [-0.15, -0.1) is 0 Å². The topological polar surface area (TPSA) is 96.2 Å². The van der Waals surface area contributed by atoms with Crippen molar-refractivity contribution in [3.05, 3.63) is 70.0 Å². The second kappa shape index (κ2) is 9.22. The third-order valence-electron chi connectivity index (χ3n) is 4.94. The molecule has 0 aliphatic rings. The summed E-state index contributed by atoms with van der Waals surface area (Å²) in [7, 11) is 0. The summed E-state index contributed by atoms with van der Waals surface area (Å²) in [5.74, 6) is -0.332. The summed E-state index contributed by atoms with van der Waals surface area (Å²) >= 11 is 6.32. The van der Waals surface area contributed by atoms with Crippen molar-refractivity contribution in [2.24, 2.45) is 0 Å². The summed E-state index contributed by atoms with van der Waals surface area (Å²) < 4.78 is 1.66. The Hall–Kier alpha value is -3.32. The van der Waals surface area contributed by atoms with Crippen molar-refractivity contribution in [3.63, 3.8) is 0 Å². The highest BCUT2D eigenvalue weighted by molar-refractivity contribution is 6.34. The highest BCUT2D eigenvalue weighted by atomic mass is 35.5. The average Bonchev–Trinajstić information content (AvgIpc) is 3.04. The van der Waals surface area contributed by atoms with E-state index in [1.54, 1.807) is 54.9 Å². The van der Waals surface area contributed by atoms with E-state index in [0.29, 0.717) is 22.0 Å². The molecule has 162 valence electrons. The number of aromatic hydroxyl groups is 1. The molecule has 0 saturated heterocycles. The van der Waals surface area contributed by atoms with E-state index in [2.05, 4.69) is 15.7 Å². The molecular formula is C23H25ClN4O3. The van der Waals surface area contributed by atoms with Crippen LogP contribution < -0.4 is 10.6 Å². The Bertz CT molecular complexity index is 1140. The minimum absolute atomic E-state index is 0.115. The fourth-order valence-corrected chi connectivity index (χ4v) is 3.46. The van der Waals surface area contributed by atoms with Gasteiger partial charge in [-0.25, -0.2) is 0 Å². The molecule has 0 bridgehead atoms. The third-order valence-corrected chi connectivity index (χ3v) is 5.25. The molecule has 0 aliphatic carbocycles. The Balaban J connectivity index is 1.64. The number of amides is 2. The molecular weight excluding hydrogens is 416 g/mol. The highest BCUT2D eigenvalue weighted by Gasteiger charge is 2.19. The molecule has 0 spiro atoms. The van der Waals surface area contributed by atoms with E-state index < -0.39 is 6.04 Å². The van der Waals surface area contributed by atoms with E-state index >= 15 is 0 Å². The van der Waals surface area contributed by atoms with Gasteiger partial charge in [0.2, 0.25) is 11.8 Å². The van der Waals surface area contributed by atoms with Gasteiger partial charge in [0, 0.05) is 11.4 Å². The number of benzene rings is 2. The number of hydrogen-bond donors (Lipinski definition) is 3. The van der Waals surface area contributed by atoms with Crippen LogP contribution in [0.25, 0.3) is 0 Å². The van der Waals surface area contributed by atoms with Crippen LogP contribution in [-0.2, 0) is 16.0 Å². The number of nitrogens with zero attached hydrogens (tertiary/aromatic N) is 2. The van der Waals surface area contributed by atoms with E-state index in [1.807, 2.05) is 19.9 Å². The number of carbonyl (C=O) groups excluding carboxylic acids is 2. The summed E-state index contributed by atoms with van der Waals surface area (Å²) in [6, 6.07) is 11.4. The normalized spacial score (nSPS) is 11.8. The van der Waals surface area contributed by atoms with Gasteiger partial charge in [-0.05, 0) is 69.2 Å². The first-order valence-electron chi connectivity index (χ1n) is 9.85. The van der Waals surface area contributed by atoms with Crippen molar-refractivity contribution in [3.8, 4) is 5.75 Å². The molecule has 3 aromatic rings. The van der Waals surface area contributed by atoms with Crippen LogP contribution >= 0.6 is 11.6 Å². The lowest BCUT2D eigenvalue weighted by molar-refractivity contribution is -0.119. The smallest absolute Gasteiger partial charge is 0.248 e. The maximum Gasteiger partial charge on any atom is 0.248 e. The zero-order valence-corrected chi connectivity index (χ0v) is 18.6. The molecule has 3 N–H and O–H groups in total. The van der Waals surface area contributed by atoms with Gasteiger partial charge < -0.3 is 15.7 Å². The maximum atomic E-state index is 12.6. The van der Waals surface area contributed by atoms with Gasteiger partial charge in [-0.2, -0.15) is 5.10 Å². The Morgan fingerprint density at radius 3 is 2.45 bits per heavy atom. The van der Waals surface area contributed by atoms with Crippen molar-refractivity contribution in [1.29, 1.82) is 0 Å². The van der Waals surface area contributed by atoms with Gasteiger partial charge in [-0.3, -0.25) is 14.3 Å². The third kappa shape index (κ3) is 5.44. The lowest BCUT2D eigenvalue weighted by Crippen LogP contribution is -2.25.